The van der Waals surface area contributed by atoms with Crippen molar-refractivity contribution in [3.63, 3.8) is 0 Å². The summed E-state index contributed by atoms with van der Waals surface area (Å²) in [7, 11) is 5.60. The molecule has 0 spiro atoms. The molecule has 1 heterocycles. The highest BCUT2D eigenvalue weighted by atomic mass is 32.2. The van der Waals surface area contributed by atoms with Crippen LogP contribution in [-0.4, -0.2) is 85.6 Å². The largest absolute Gasteiger partial charge is 0.379 e. The number of nitrogens with one attached hydrogen (secondary N) is 1. The predicted molar refractivity (Wildman–Crippen MR) is 139 cm³/mol. The van der Waals surface area contributed by atoms with Crippen molar-refractivity contribution < 1.29 is 19.1 Å². The van der Waals surface area contributed by atoms with E-state index in [1.165, 1.54) is 6.42 Å². The standard InChI is InChI=1S/C20H39N3O3S.C3H8.CH3NO/c1-8-15(3)19(16(26-6)13-17(24)21-9-2)23(5)18(25)14-20(27-7)11-10-12-22(20)4;1-3-2;2-1-3/h15-16,19H,8-14H2,1-7H3,(H,21,24);3H2,1-2H3;1H,(H2,2,3). The van der Waals surface area contributed by atoms with Gasteiger partial charge in [0, 0.05) is 20.7 Å². The van der Waals surface area contributed by atoms with Crippen LogP contribution in [0.5, 0.6) is 0 Å². The fraction of sp³-hybridized carbons (Fsp3) is 0.875. The molecule has 0 aromatic carbocycles. The van der Waals surface area contributed by atoms with E-state index in [1.54, 1.807) is 18.9 Å². The first-order chi connectivity index (χ1) is 15.6. The molecule has 1 aliphatic rings. The van der Waals surface area contributed by atoms with E-state index in [1.807, 2.05) is 18.9 Å². The van der Waals surface area contributed by atoms with Gasteiger partial charge in [0.1, 0.15) is 0 Å². The number of nitrogens with two attached hydrogens (primary N) is 1. The molecule has 3 amide bonds. The van der Waals surface area contributed by atoms with Gasteiger partial charge in [0.25, 0.3) is 0 Å². The van der Waals surface area contributed by atoms with E-state index < -0.39 is 0 Å². The first-order valence-corrected chi connectivity index (χ1v) is 13.3. The molecular formula is C24H50N4O4S. The zero-order valence-electron chi connectivity index (χ0n) is 22.5. The number of carbonyl (C=O) groups is 3. The van der Waals surface area contributed by atoms with Crippen molar-refractivity contribution in [3.8, 4) is 0 Å². The van der Waals surface area contributed by atoms with E-state index in [-0.39, 0.29) is 47.6 Å². The summed E-state index contributed by atoms with van der Waals surface area (Å²) in [6.07, 6.45) is 7.12. The molecule has 1 fully saturated rings. The van der Waals surface area contributed by atoms with E-state index in [0.717, 1.165) is 25.8 Å². The van der Waals surface area contributed by atoms with Gasteiger partial charge in [-0.3, -0.25) is 19.3 Å². The fourth-order valence-corrected chi connectivity index (χ4v) is 5.12. The van der Waals surface area contributed by atoms with Crippen LogP contribution in [0.25, 0.3) is 0 Å². The van der Waals surface area contributed by atoms with E-state index in [4.69, 9.17) is 9.53 Å². The third kappa shape index (κ3) is 11.6. The van der Waals surface area contributed by atoms with Gasteiger partial charge in [-0.15, -0.1) is 11.8 Å². The zero-order valence-corrected chi connectivity index (χ0v) is 23.3. The maximum atomic E-state index is 13.2. The number of amides is 3. The molecule has 0 radical (unpaired) electrons. The minimum absolute atomic E-state index is 0.0328. The van der Waals surface area contributed by atoms with Gasteiger partial charge in [0.2, 0.25) is 18.2 Å². The molecule has 1 aliphatic heterocycles. The Morgan fingerprint density at radius 3 is 2.21 bits per heavy atom. The van der Waals surface area contributed by atoms with Crippen molar-refractivity contribution in [1.82, 2.24) is 15.1 Å². The molecule has 1 saturated heterocycles. The summed E-state index contributed by atoms with van der Waals surface area (Å²) >= 11 is 1.77. The third-order valence-corrected chi connectivity index (χ3v) is 7.50. The fourth-order valence-electron chi connectivity index (χ4n) is 4.10. The van der Waals surface area contributed by atoms with Crippen LogP contribution in [0.15, 0.2) is 0 Å². The van der Waals surface area contributed by atoms with Crippen molar-refractivity contribution in [2.24, 2.45) is 11.7 Å². The summed E-state index contributed by atoms with van der Waals surface area (Å²) in [6.45, 7) is 12.0. The number of hydrogen-bond donors (Lipinski definition) is 2. The van der Waals surface area contributed by atoms with Crippen LogP contribution in [0.3, 0.4) is 0 Å². The lowest BCUT2D eigenvalue weighted by atomic mass is 9.90. The Morgan fingerprint density at radius 1 is 1.30 bits per heavy atom. The summed E-state index contributed by atoms with van der Waals surface area (Å²) in [6, 6.07) is -0.124. The average molecular weight is 491 g/mol. The Bertz CT molecular complexity index is 553. The molecule has 0 saturated carbocycles. The van der Waals surface area contributed by atoms with Gasteiger partial charge in [-0.1, -0.05) is 40.5 Å². The van der Waals surface area contributed by atoms with Crippen LogP contribution in [0, 0.1) is 5.92 Å². The summed E-state index contributed by atoms with van der Waals surface area (Å²) in [5.41, 5.74) is 4.17. The van der Waals surface area contributed by atoms with Crippen molar-refractivity contribution in [3.05, 3.63) is 0 Å². The number of likely N-dealkylation sites (N-methyl/N-ethyl adjacent to an activating group) is 1. The average Bonchev–Trinajstić information content (AvgIpc) is 3.14. The van der Waals surface area contributed by atoms with E-state index in [9.17, 15) is 9.59 Å². The summed E-state index contributed by atoms with van der Waals surface area (Å²) in [5.74, 6) is 0.334. The monoisotopic (exact) mass is 490 g/mol. The number of nitrogens with zero attached hydrogens (tertiary/aromatic N) is 2. The van der Waals surface area contributed by atoms with Crippen LogP contribution in [-0.2, 0) is 19.1 Å². The number of ether oxygens (including phenoxy) is 1. The first-order valence-electron chi connectivity index (χ1n) is 12.1. The Kier molecular flexibility index (Phi) is 19.5. The van der Waals surface area contributed by atoms with E-state index >= 15 is 0 Å². The van der Waals surface area contributed by atoms with Gasteiger partial charge in [-0.05, 0) is 45.5 Å². The highest BCUT2D eigenvalue weighted by Crippen LogP contribution is 2.40. The molecule has 1 rings (SSSR count). The number of carbonyl (C=O) groups excluding carboxylic acids is 3. The molecule has 0 aromatic heterocycles. The van der Waals surface area contributed by atoms with Crippen molar-refractivity contribution in [2.45, 2.75) is 90.2 Å². The summed E-state index contributed by atoms with van der Waals surface area (Å²) < 4.78 is 5.70. The van der Waals surface area contributed by atoms with E-state index in [2.05, 4.69) is 56.9 Å². The second kappa shape index (κ2) is 19.0. The number of rotatable bonds is 11. The molecular weight excluding hydrogens is 440 g/mol. The van der Waals surface area contributed by atoms with Gasteiger partial charge in [0.15, 0.2) is 0 Å². The second-order valence-corrected chi connectivity index (χ2v) is 9.68. The molecule has 196 valence electrons. The van der Waals surface area contributed by atoms with Crippen LogP contribution in [0.1, 0.15) is 73.1 Å². The van der Waals surface area contributed by atoms with E-state index in [0.29, 0.717) is 13.0 Å². The predicted octanol–water partition coefficient (Wildman–Crippen LogP) is 3.09. The van der Waals surface area contributed by atoms with Crippen molar-refractivity contribution in [2.75, 3.05) is 40.6 Å². The highest BCUT2D eigenvalue weighted by molar-refractivity contribution is 7.99. The SMILES string of the molecule is CCC.CCNC(=O)CC(OC)C(C(C)CC)N(C)C(=O)CC1(SC)CCCN1C.NC=O. The maximum Gasteiger partial charge on any atom is 0.225 e. The quantitative estimate of drug-likeness (QED) is 0.431. The lowest BCUT2D eigenvalue weighted by Crippen LogP contribution is -2.52. The van der Waals surface area contributed by atoms with Gasteiger partial charge in [0.05, 0.1) is 29.9 Å². The zero-order chi connectivity index (χ0) is 26.0. The van der Waals surface area contributed by atoms with Crippen LogP contribution in [0.2, 0.25) is 0 Å². The normalized spacial score (nSPS) is 20.3. The lowest BCUT2D eigenvalue weighted by Gasteiger charge is -2.40. The molecule has 4 atom stereocenters. The molecule has 8 nitrogen and oxygen atoms in total. The summed E-state index contributed by atoms with van der Waals surface area (Å²) in [5, 5.41) is 2.84. The second-order valence-electron chi connectivity index (χ2n) is 8.51. The van der Waals surface area contributed by atoms with Gasteiger partial charge < -0.3 is 20.7 Å². The Morgan fingerprint density at radius 2 is 1.85 bits per heavy atom. The topological polar surface area (TPSA) is 105 Å². The summed E-state index contributed by atoms with van der Waals surface area (Å²) in [4.78, 5) is 38.0. The number of methoxy groups -OCH3 is 1. The maximum absolute atomic E-state index is 13.2. The molecule has 33 heavy (non-hydrogen) atoms. The van der Waals surface area contributed by atoms with Crippen LogP contribution >= 0.6 is 11.8 Å². The smallest absolute Gasteiger partial charge is 0.225 e. The molecule has 4 unspecified atom stereocenters. The Labute approximate surface area is 206 Å². The molecule has 3 N–H and O–H groups in total. The molecule has 0 aliphatic carbocycles. The van der Waals surface area contributed by atoms with Crippen molar-refractivity contribution in [1.29, 1.82) is 0 Å². The van der Waals surface area contributed by atoms with Gasteiger partial charge >= 0.3 is 0 Å². The minimum atomic E-state index is -0.313. The first kappa shape index (κ1) is 33.9. The Hall–Kier alpha value is -1.32. The molecule has 9 heteroatoms. The number of primary amides is 1. The number of thioether (sulfide) groups is 1. The Balaban J connectivity index is 0. The number of likely N-dealkylation sites (tertiary alicyclic amines) is 1. The molecule has 0 aromatic rings. The number of hydrogen-bond acceptors (Lipinski definition) is 6. The molecule has 0 bridgehead atoms. The van der Waals surface area contributed by atoms with Gasteiger partial charge in [-0.2, -0.15) is 0 Å². The van der Waals surface area contributed by atoms with Crippen molar-refractivity contribution >= 4 is 30.0 Å². The van der Waals surface area contributed by atoms with Crippen LogP contribution in [0.4, 0.5) is 0 Å². The minimum Gasteiger partial charge on any atom is -0.379 e. The van der Waals surface area contributed by atoms with Crippen LogP contribution < -0.4 is 11.1 Å². The lowest BCUT2D eigenvalue weighted by molar-refractivity contribution is -0.140. The van der Waals surface area contributed by atoms with Gasteiger partial charge in [-0.25, -0.2) is 0 Å². The third-order valence-electron chi connectivity index (χ3n) is 6.08. The highest BCUT2D eigenvalue weighted by Gasteiger charge is 2.42.